The molecule has 0 aliphatic carbocycles. The van der Waals surface area contributed by atoms with Gasteiger partial charge in [-0.25, -0.2) is 0 Å². The van der Waals surface area contributed by atoms with Crippen LogP contribution >= 0.6 is 0 Å². The molecule has 2 heteroatoms. The maximum absolute atomic E-state index is 3.67. The molecule has 2 unspecified atom stereocenters. The van der Waals surface area contributed by atoms with Crippen LogP contribution in [0.15, 0.2) is 30.3 Å². The van der Waals surface area contributed by atoms with Gasteiger partial charge in [-0.05, 0) is 29.9 Å². The average molecular weight is 274 g/mol. The molecule has 1 heterocycles. The first kappa shape index (κ1) is 15.5. The van der Waals surface area contributed by atoms with Crippen molar-refractivity contribution in [3.8, 4) is 0 Å². The summed E-state index contributed by atoms with van der Waals surface area (Å²) in [5.74, 6) is 0.652. The largest absolute Gasteiger partial charge is 0.311 e. The zero-order valence-corrected chi connectivity index (χ0v) is 13.5. The summed E-state index contributed by atoms with van der Waals surface area (Å²) in [5, 5.41) is 3.67. The van der Waals surface area contributed by atoms with E-state index in [0.717, 1.165) is 6.54 Å². The van der Waals surface area contributed by atoms with Gasteiger partial charge in [0.15, 0.2) is 0 Å². The van der Waals surface area contributed by atoms with Crippen LogP contribution in [0.3, 0.4) is 0 Å². The van der Waals surface area contributed by atoms with Crippen LogP contribution in [0.4, 0.5) is 0 Å². The molecule has 1 N–H and O–H groups in total. The van der Waals surface area contributed by atoms with Crippen molar-refractivity contribution >= 4 is 0 Å². The molecule has 0 aromatic heterocycles. The monoisotopic (exact) mass is 274 g/mol. The van der Waals surface area contributed by atoms with Gasteiger partial charge in [-0.1, -0.05) is 58.0 Å². The minimum Gasteiger partial charge on any atom is -0.311 e. The fourth-order valence-corrected chi connectivity index (χ4v) is 2.92. The van der Waals surface area contributed by atoms with Crippen molar-refractivity contribution in [1.82, 2.24) is 10.2 Å². The van der Waals surface area contributed by atoms with Crippen LogP contribution in [0.5, 0.6) is 0 Å². The second kappa shape index (κ2) is 6.73. The van der Waals surface area contributed by atoms with E-state index >= 15 is 0 Å². The van der Waals surface area contributed by atoms with E-state index < -0.39 is 0 Å². The third-order valence-corrected chi connectivity index (χ3v) is 4.55. The van der Waals surface area contributed by atoms with Gasteiger partial charge < -0.3 is 10.2 Å². The van der Waals surface area contributed by atoms with Crippen molar-refractivity contribution in [2.24, 2.45) is 5.41 Å². The van der Waals surface area contributed by atoms with Gasteiger partial charge >= 0.3 is 0 Å². The molecular formula is C18H30N2. The summed E-state index contributed by atoms with van der Waals surface area (Å²) < 4.78 is 0. The normalized spacial score (nSPS) is 22.7. The van der Waals surface area contributed by atoms with E-state index in [0.29, 0.717) is 17.4 Å². The number of hydrogen-bond donors (Lipinski definition) is 1. The zero-order valence-electron chi connectivity index (χ0n) is 13.5. The van der Waals surface area contributed by atoms with E-state index in [2.05, 4.69) is 68.2 Å². The molecule has 2 atom stereocenters. The molecule has 1 saturated heterocycles. The average Bonchev–Trinajstić information content (AvgIpc) is 2.45. The highest BCUT2D eigenvalue weighted by molar-refractivity contribution is 5.18. The molecule has 0 spiro atoms. The van der Waals surface area contributed by atoms with Crippen LogP contribution in [0.2, 0.25) is 0 Å². The van der Waals surface area contributed by atoms with Crippen molar-refractivity contribution in [2.75, 3.05) is 26.2 Å². The number of nitrogens with one attached hydrogen (secondary N) is 1. The van der Waals surface area contributed by atoms with Gasteiger partial charge in [0.1, 0.15) is 0 Å². The first-order valence-electron chi connectivity index (χ1n) is 7.97. The van der Waals surface area contributed by atoms with E-state index in [1.165, 1.54) is 31.6 Å². The summed E-state index contributed by atoms with van der Waals surface area (Å²) >= 11 is 0. The van der Waals surface area contributed by atoms with E-state index in [4.69, 9.17) is 0 Å². The Bertz CT molecular complexity index is 394. The Hall–Kier alpha value is -0.860. The van der Waals surface area contributed by atoms with Crippen LogP contribution in [0, 0.1) is 5.41 Å². The van der Waals surface area contributed by atoms with Crippen LogP contribution in [0.1, 0.15) is 45.6 Å². The quantitative estimate of drug-likeness (QED) is 0.904. The van der Waals surface area contributed by atoms with Gasteiger partial charge in [-0.15, -0.1) is 0 Å². The van der Waals surface area contributed by atoms with E-state index in [1.807, 2.05) is 0 Å². The van der Waals surface area contributed by atoms with Gasteiger partial charge in [0.25, 0.3) is 0 Å². The lowest BCUT2D eigenvalue weighted by molar-refractivity contribution is 0.132. The van der Waals surface area contributed by atoms with Gasteiger partial charge in [0.2, 0.25) is 0 Å². The third kappa shape index (κ3) is 4.32. The predicted molar refractivity (Wildman–Crippen MR) is 87.2 cm³/mol. The van der Waals surface area contributed by atoms with Crippen molar-refractivity contribution in [1.29, 1.82) is 0 Å². The third-order valence-electron chi connectivity index (χ3n) is 4.55. The molecule has 1 fully saturated rings. The summed E-state index contributed by atoms with van der Waals surface area (Å²) in [6, 6.07) is 11.5. The highest BCUT2D eigenvalue weighted by Gasteiger charge is 2.29. The number of piperazine rings is 1. The second-order valence-corrected chi connectivity index (χ2v) is 7.27. The Balaban J connectivity index is 1.82. The summed E-state index contributed by atoms with van der Waals surface area (Å²) in [4.78, 5) is 2.63. The second-order valence-electron chi connectivity index (χ2n) is 7.27. The molecule has 1 aromatic carbocycles. The minimum absolute atomic E-state index is 0.351. The molecule has 20 heavy (non-hydrogen) atoms. The molecule has 0 amide bonds. The number of nitrogens with zero attached hydrogens (tertiary/aromatic N) is 1. The highest BCUT2D eigenvalue weighted by atomic mass is 15.2. The van der Waals surface area contributed by atoms with Crippen molar-refractivity contribution < 1.29 is 0 Å². The van der Waals surface area contributed by atoms with Crippen LogP contribution in [0.25, 0.3) is 0 Å². The number of rotatable bonds is 4. The first-order chi connectivity index (χ1) is 9.47. The molecule has 1 aliphatic heterocycles. The lowest BCUT2D eigenvalue weighted by atomic mass is 9.85. The minimum atomic E-state index is 0.351. The maximum Gasteiger partial charge on any atom is 0.0244 e. The SMILES string of the molecule is CC(CCN1CCNC(C(C)(C)C)C1)c1ccccc1. The highest BCUT2D eigenvalue weighted by Crippen LogP contribution is 2.23. The Labute approximate surface area is 124 Å². The fraction of sp³-hybridized carbons (Fsp3) is 0.667. The van der Waals surface area contributed by atoms with E-state index in [-0.39, 0.29) is 0 Å². The Morgan fingerprint density at radius 2 is 1.95 bits per heavy atom. The summed E-state index contributed by atoms with van der Waals surface area (Å²) in [7, 11) is 0. The zero-order chi connectivity index (χ0) is 14.6. The molecule has 1 aliphatic rings. The van der Waals surface area contributed by atoms with Gasteiger partial charge in [0, 0.05) is 25.7 Å². The first-order valence-corrected chi connectivity index (χ1v) is 7.97. The predicted octanol–water partition coefficient (Wildman–Crippen LogP) is 3.50. The van der Waals surface area contributed by atoms with Gasteiger partial charge in [0.05, 0.1) is 0 Å². The molecule has 112 valence electrons. The Kier molecular flexibility index (Phi) is 5.22. The lowest BCUT2D eigenvalue weighted by Gasteiger charge is -2.40. The number of benzene rings is 1. The van der Waals surface area contributed by atoms with Crippen LogP contribution in [-0.2, 0) is 0 Å². The van der Waals surface area contributed by atoms with Crippen molar-refractivity contribution in [3.63, 3.8) is 0 Å². The van der Waals surface area contributed by atoms with E-state index in [9.17, 15) is 0 Å². The number of hydrogen-bond acceptors (Lipinski definition) is 2. The topological polar surface area (TPSA) is 15.3 Å². The molecule has 0 saturated carbocycles. The summed E-state index contributed by atoms with van der Waals surface area (Å²) in [6.07, 6.45) is 1.25. The van der Waals surface area contributed by atoms with Gasteiger partial charge in [-0.3, -0.25) is 0 Å². The Morgan fingerprint density at radius 3 is 2.60 bits per heavy atom. The van der Waals surface area contributed by atoms with Crippen molar-refractivity contribution in [2.45, 2.75) is 46.1 Å². The Morgan fingerprint density at radius 1 is 1.25 bits per heavy atom. The lowest BCUT2D eigenvalue weighted by Crippen LogP contribution is -2.55. The molecule has 1 aromatic rings. The standard InChI is InChI=1S/C18H30N2/c1-15(16-8-6-5-7-9-16)10-12-20-13-11-19-17(14-20)18(2,3)4/h5-9,15,17,19H,10-14H2,1-4H3. The smallest absolute Gasteiger partial charge is 0.0244 e. The molecule has 2 rings (SSSR count). The summed E-state index contributed by atoms with van der Waals surface area (Å²) in [6.45, 7) is 14.1. The molecule has 0 radical (unpaired) electrons. The van der Waals surface area contributed by atoms with E-state index in [1.54, 1.807) is 0 Å². The molecule has 2 nitrogen and oxygen atoms in total. The molecule has 0 bridgehead atoms. The van der Waals surface area contributed by atoms with Crippen LogP contribution in [-0.4, -0.2) is 37.1 Å². The van der Waals surface area contributed by atoms with Crippen molar-refractivity contribution in [3.05, 3.63) is 35.9 Å². The maximum atomic E-state index is 3.67. The van der Waals surface area contributed by atoms with Gasteiger partial charge in [-0.2, -0.15) is 0 Å². The molecular weight excluding hydrogens is 244 g/mol. The fourth-order valence-electron chi connectivity index (χ4n) is 2.92. The summed E-state index contributed by atoms with van der Waals surface area (Å²) in [5.41, 5.74) is 1.82. The van der Waals surface area contributed by atoms with Crippen LogP contribution < -0.4 is 5.32 Å².